The molecule has 36 heavy (non-hydrogen) atoms. The zero-order valence-electron chi connectivity index (χ0n) is 21.3. The van der Waals surface area contributed by atoms with Gasteiger partial charge in [-0.15, -0.1) is 0 Å². The van der Waals surface area contributed by atoms with Crippen LogP contribution in [0.2, 0.25) is 0 Å². The number of fused-ring (bicyclic) bond motifs is 1. The van der Waals surface area contributed by atoms with Crippen LogP contribution in [0.5, 0.6) is 17.2 Å². The summed E-state index contributed by atoms with van der Waals surface area (Å²) in [6.45, 7) is 5.28. The molecule has 0 amide bonds. The number of likely N-dealkylation sites (tertiary alicyclic amines) is 1. The highest BCUT2D eigenvalue weighted by molar-refractivity contribution is 5.51. The monoisotopic (exact) mass is 485 g/mol. The van der Waals surface area contributed by atoms with Crippen molar-refractivity contribution >= 4 is 0 Å². The van der Waals surface area contributed by atoms with Gasteiger partial charge in [-0.25, -0.2) is 0 Å². The number of phenols is 1. The molecule has 1 unspecified atom stereocenters. The van der Waals surface area contributed by atoms with Crippen molar-refractivity contribution in [1.29, 1.82) is 0 Å². The predicted octanol–water partition coefficient (Wildman–Crippen LogP) is 7.13. The van der Waals surface area contributed by atoms with Gasteiger partial charge < -0.3 is 19.5 Å². The maximum absolute atomic E-state index is 10.2. The lowest BCUT2D eigenvalue weighted by Gasteiger charge is -2.34. The normalized spacial score (nSPS) is 19.6. The molecule has 2 heterocycles. The Hall–Kier alpha value is -2.98. The van der Waals surface area contributed by atoms with Crippen LogP contribution in [0.15, 0.2) is 72.8 Å². The van der Waals surface area contributed by atoms with Crippen LogP contribution in [0.1, 0.15) is 73.5 Å². The minimum absolute atomic E-state index is 0.109. The lowest BCUT2D eigenvalue weighted by molar-refractivity contribution is 0.248. The van der Waals surface area contributed by atoms with Crippen molar-refractivity contribution in [3.8, 4) is 17.2 Å². The number of ether oxygens (including phenoxy) is 2. The molecule has 190 valence electrons. The minimum atomic E-state index is 0.109. The van der Waals surface area contributed by atoms with Crippen LogP contribution in [0.25, 0.3) is 0 Å². The first kappa shape index (κ1) is 24.7. The summed E-state index contributed by atoms with van der Waals surface area (Å²) < 4.78 is 12.2. The summed E-state index contributed by atoms with van der Waals surface area (Å²) >= 11 is 0. The second kappa shape index (κ2) is 12.3. The Labute approximate surface area is 215 Å². The van der Waals surface area contributed by atoms with Crippen LogP contribution < -0.4 is 9.47 Å². The Morgan fingerprint density at radius 1 is 0.806 bits per heavy atom. The Bertz CT molecular complexity index is 1080. The Kier molecular flexibility index (Phi) is 8.45. The molecule has 0 saturated carbocycles. The molecule has 4 nitrogen and oxygen atoms in total. The minimum Gasteiger partial charge on any atom is -0.508 e. The lowest BCUT2D eigenvalue weighted by Crippen LogP contribution is -2.25. The van der Waals surface area contributed by atoms with Crippen LogP contribution >= 0.6 is 0 Å². The van der Waals surface area contributed by atoms with Gasteiger partial charge in [-0.3, -0.25) is 0 Å². The van der Waals surface area contributed by atoms with Gasteiger partial charge in [0.2, 0.25) is 0 Å². The number of benzene rings is 3. The predicted molar refractivity (Wildman–Crippen MR) is 145 cm³/mol. The average molecular weight is 486 g/mol. The van der Waals surface area contributed by atoms with Gasteiger partial charge in [0.05, 0.1) is 13.2 Å². The Balaban J connectivity index is 1.16. The molecule has 1 fully saturated rings. The molecular formula is C32H39NO3. The summed E-state index contributed by atoms with van der Waals surface area (Å²) in [6, 6.07) is 24.5. The topological polar surface area (TPSA) is 41.9 Å². The van der Waals surface area contributed by atoms with E-state index in [1.165, 1.54) is 69.3 Å². The number of unbranched alkanes of at least 4 members (excludes halogenated alkanes) is 4. The molecule has 2 aliphatic heterocycles. The van der Waals surface area contributed by atoms with Crippen LogP contribution in [0.3, 0.4) is 0 Å². The fraction of sp³-hybridized carbons (Fsp3) is 0.438. The van der Waals surface area contributed by atoms with E-state index in [0.29, 0.717) is 6.61 Å². The van der Waals surface area contributed by atoms with Gasteiger partial charge in [0, 0.05) is 17.4 Å². The smallest absolute Gasteiger partial charge is 0.123 e. The number of hydrogen-bond acceptors (Lipinski definition) is 4. The van der Waals surface area contributed by atoms with Crippen LogP contribution in [0.4, 0.5) is 0 Å². The van der Waals surface area contributed by atoms with Gasteiger partial charge in [0.15, 0.2) is 0 Å². The molecule has 1 saturated heterocycles. The molecule has 3 aromatic rings. The summed E-state index contributed by atoms with van der Waals surface area (Å²) in [4.78, 5) is 2.61. The lowest BCUT2D eigenvalue weighted by atomic mass is 9.76. The molecule has 2 atom stereocenters. The van der Waals surface area contributed by atoms with Crippen molar-refractivity contribution in [2.24, 2.45) is 0 Å². The van der Waals surface area contributed by atoms with Crippen LogP contribution in [-0.4, -0.2) is 42.9 Å². The number of phenolic OH excluding ortho intramolecular Hbond substituents is 1. The van der Waals surface area contributed by atoms with Crippen molar-refractivity contribution in [2.45, 2.75) is 56.8 Å². The largest absolute Gasteiger partial charge is 0.508 e. The quantitative estimate of drug-likeness (QED) is 0.294. The van der Waals surface area contributed by atoms with Crippen molar-refractivity contribution in [3.63, 3.8) is 0 Å². The van der Waals surface area contributed by atoms with E-state index in [4.69, 9.17) is 9.47 Å². The van der Waals surface area contributed by atoms with Gasteiger partial charge >= 0.3 is 0 Å². The first-order chi connectivity index (χ1) is 17.8. The molecule has 4 heteroatoms. The fourth-order valence-corrected chi connectivity index (χ4v) is 5.74. The third kappa shape index (κ3) is 6.22. The summed E-state index contributed by atoms with van der Waals surface area (Å²) in [6.07, 6.45) is 9.07. The summed E-state index contributed by atoms with van der Waals surface area (Å²) in [5.41, 5.74) is 3.50. The highest BCUT2D eigenvalue weighted by Gasteiger charge is 2.33. The Morgan fingerprint density at radius 3 is 2.36 bits per heavy atom. The average Bonchev–Trinajstić information content (AvgIpc) is 3.44. The van der Waals surface area contributed by atoms with Crippen molar-refractivity contribution in [3.05, 3.63) is 89.5 Å². The fourth-order valence-electron chi connectivity index (χ4n) is 5.74. The van der Waals surface area contributed by atoms with Crippen molar-refractivity contribution < 1.29 is 14.6 Å². The molecule has 1 N–H and O–H groups in total. The van der Waals surface area contributed by atoms with Gasteiger partial charge in [-0.2, -0.15) is 0 Å². The van der Waals surface area contributed by atoms with E-state index in [-0.39, 0.29) is 17.6 Å². The van der Waals surface area contributed by atoms with E-state index in [2.05, 4.69) is 53.4 Å². The van der Waals surface area contributed by atoms with Crippen molar-refractivity contribution in [2.75, 3.05) is 32.8 Å². The SMILES string of the molecule is Oc1ccc2c(c1)C(c1ccc(OCCCCCCCN3CCCC3)cc1)[C@@H](c1ccccc1)CO2. The third-order valence-electron chi connectivity index (χ3n) is 7.70. The van der Waals surface area contributed by atoms with Gasteiger partial charge in [0.1, 0.15) is 17.2 Å². The molecule has 0 aromatic heterocycles. The molecule has 5 rings (SSSR count). The molecule has 0 spiro atoms. The molecular weight excluding hydrogens is 446 g/mol. The first-order valence-corrected chi connectivity index (χ1v) is 13.7. The zero-order valence-corrected chi connectivity index (χ0v) is 21.3. The second-order valence-corrected chi connectivity index (χ2v) is 10.3. The maximum Gasteiger partial charge on any atom is 0.123 e. The number of nitrogens with zero attached hydrogens (tertiary/aromatic N) is 1. The van der Waals surface area contributed by atoms with E-state index in [1.807, 2.05) is 18.2 Å². The summed E-state index contributed by atoms with van der Waals surface area (Å²) in [7, 11) is 0. The second-order valence-electron chi connectivity index (χ2n) is 10.3. The highest BCUT2D eigenvalue weighted by atomic mass is 16.5. The molecule has 0 aliphatic carbocycles. The molecule has 2 aliphatic rings. The molecule has 0 radical (unpaired) electrons. The van der Waals surface area contributed by atoms with Crippen LogP contribution in [-0.2, 0) is 0 Å². The zero-order chi connectivity index (χ0) is 24.6. The van der Waals surface area contributed by atoms with Gasteiger partial charge in [-0.1, -0.05) is 61.7 Å². The molecule has 3 aromatic carbocycles. The number of hydrogen-bond donors (Lipinski definition) is 1. The summed E-state index contributed by atoms with van der Waals surface area (Å²) in [5.74, 6) is 2.33. The van der Waals surface area contributed by atoms with E-state index in [1.54, 1.807) is 6.07 Å². The van der Waals surface area contributed by atoms with Gasteiger partial charge in [-0.05, 0) is 86.8 Å². The standard InChI is InChI=1S/C32H39NO3/c34-27-15-18-31-29(23-27)32(30(24-36-31)25-11-5-4-6-12-25)26-13-16-28(17-14-26)35-22-10-3-1-2-7-19-33-20-8-9-21-33/h4-6,11-18,23,30,32,34H,1-3,7-10,19-22,24H2/t30-,32?/m1/s1. The maximum atomic E-state index is 10.2. The summed E-state index contributed by atoms with van der Waals surface area (Å²) in [5, 5.41) is 10.2. The van der Waals surface area contributed by atoms with E-state index in [9.17, 15) is 5.11 Å². The number of rotatable bonds is 11. The van der Waals surface area contributed by atoms with Crippen molar-refractivity contribution in [1.82, 2.24) is 4.90 Å². The molecule has 0 bridgehead atoms. The third-order valence-corrected chi connectivity index (χ3v) is 7.70. The number of aromatic hydroxyl groups is 1. The van der Waals surface area contributed by atoms with E-state index >= 15 is 0 Å². The first-order valence-electron chi connectivity index (χ1n) is 13.7. The Morgan fingerprint density at radius 2 is 1.56 bits per heavy atom. The highest BCUT2D eigenvalue weighted by Crippen LogP contribution is 2.47. The van der Waals surface area contributed by atoms with Crippen LogP contribution in [0, 0.1) is 0 Å². The van der Waals surface area contributed by atoms with E-state index < -0.39 is 0 Å². The van der Waals surface area contributed by atoms with E-state index in [0.717, 1.165) is 30.1 Å². The van der Waals surface area contributed by atoms with Gasteiger partial charge in [0.25, 0.3) is 0 Å².